The van der Waals surface area contributed by atoms with Gasteiger partial charge in [-0.05, 0) is 24.6 Å². The van der Waals surface area contributed by atoms with Crippen LogP contribution in [0.2, 0.25) is 0 Å². The first-order chi connectivity index (χ1) is 6.97. The van der Waals surface area contributed by atoms with Crippen molar-refractivity contribution in [3.05, 3.63) is 28.6 Å². The minimum absolute atomic E-state index is 0.0688. The van der Waals surface area contributed by atoms with Crippen LogP contribution in [0.15, 0.2) is 6.07 Å². The molecule has 15 heavy (non-hydrogen) atoms. The van der Waals surface area contributed by atoms with Gasteiger partial charge in [0.25, 0.3) is 11.7 Å². The van der Waals surface area contributed by atoms with Gasteiger partial charge in [0.15, 0.2) is 0 Å². The van der Waals surface area contributed by atoms with Crippen molar-refractivity contribution in [1.82, 2.24) is 4.98 Å². The number of halogens is 3. The Morgan fingerprint density at radius 1 is 1.67 bits per heavy atom. The highest BCUT2D eigenvalue weighted by Crippen LogP contribution is 2.25. The van der Waals surface area contributed by atoms with E-state index in [0.29, 0.717) is 0 Å². The zero-order valence-corrected chi connectivity index (χ0v) is 8.35. The van der Waals surface area contributed by atoms with Gasteiger partial charge in [0.1, 0.15) is 11.8 Å². The maximum Gasteiger partial charge on any atom is 0.270 e. The van der Waals surface area contributed by atoms with E-state index in [1.807, 2.05) is 0 Å². The molecule has 1 rings (SSSR count). The quantitative estimate of drug-likeness (QED) is 0.734. The van der Waals surface area contributed by atoms with Crippen LogP contribution >= 0.6 is 11.6 Å². The lowest BCUT2D eigenvalue weighted by molar-refractivity contribution is 0.107. The largest absolute Gasteiger partial charge is 0.274 e. The standard InChI is InChI=1S/C9H5ClF2N2O/c1-4-6(3-13)5(9(11)12)2-7(14-4)8(10)15/h2,9H,1H3. The van der Waals surface area contributed by atoms with E-state index < -0.39 is 17.2 Å². The van der Waals surface area contributed by atoms with Gasteiger partial charge in [0.05, 0.1) is 11.3 Å². The molecule has 0 saturated carbocycles. The number of nitriles is 1. The molecule has 0 atom stereocenters. The second kappa shape index (κ2) is 4.32. The molecule has 0 saturated heterocycles. The van der Waals surface area contributed by atoms with Crippen LogP contribution in [0.1, 0.15) is 33.7 Å². The lowest BCUT2D eigenvalue weighted by Gasteiger charge is -2.06. The maximum absolute atomic E-state index is 12.5. The van der Waals surface area contributed by atoms with E-state index in [1.54, 1.807) is 6.07 Å². The Morgan fingerprint density at radius 2 is 2.27 bits per heavy atom. The van der Waals surface area contributed by atoms with Gasteiger partial charge in [-0.2, -0.15) is 5.26 Å². The van der Waals surface area contributed by atoms with E-state index in [-0.39, 0.29) is 17.0 Å². The third-order valence-electron chi connectivity index (χ3n) is 1.78. The van der Waals surface area contributed by atoms with Gasteiger partial charge in [-0.25, -0.2) is 13.8 Å². The van der Waals surface area contributed by atoms with Crippen molar-refractivity contribution in [2.24, 2.45) is 0 Å². The van der Waals surface area contributed by atoms with Crippen LogP contribution in [-0.2, 0) is 0 Å². The smallest absolute Gasteiger partial charge is 0.270 e. The Bertz CT molecular complexity index is 454. The minimum atomic E-state index is -2.84. The summed E-state index contributed by atoms with van der Waals surface area (Å²) in [6, 6.07) is 2.45. The SMILES string of the molecule is Cc1nc(C(=O)Cl)cc(C(F)F)c1C#N. The molecule has 0 aliphatic carbocycles. The summed E-state index contributed by atoms with van der Waals surface area (Å²) < 4.78 is 25.0. The van der Waals surface area contributed by atoms with Gasteiger partial charge in [-0.15, -0.1) is 0 Å². The number of aryl methyl sites for hydroxylation is 1. The summed E-state index contributed by atoms with van der Waals surface area (Å²) in [6.07, 6.45) is -2.84. The molecule has 78 valence electrons. The molecule has 0 aromatic carbocycles. The molecule has 0 N–H and O–H groups in total. The van der Waals surface area contributed by atoms with Crippen molar-refractivity contribution in [3.63, 3.8) is 0 Å². The van der Waals surface area contributed by atoms with Crippen LogP contribution in [0.5, 0.6) is 0 Å². The lowest BCUT2D eigenvalue weighted by Crippen LogP contribution is -2.03. The predicted octanol–water partition coefficient (Wildman–Crippen LogP) is 2.58. The Balaban J connectivity index is 3.47. The molecular weight excluding hydrogens is 226 g/mol. The van der Waals surface area contributed by atoms with Crippen molar-refractivity contribution >= 4 is 16.8 Å². The van der Waals surface area contributed by atoms with Crippen LogP contribution in [0.4, 0.5) is 8.78 Å². The second-order valence-corrected chi connectivity index (χ2v) is 3.09. The van der Waals surface area contributed by atoms with Gasteiger partial charge >= 0.3 is 0 Å². The first-order valence-corrected chi connectivity index (χ1v) is 4.24. The molecule has 0 amide bonds. The monoisotopic (exact) mass is 230 g/mol. The molecule has 0 unspecified atom stereocenters. The second-order valence-electron chi connectivity index (χ2n) is 2.74. The third-order valence-corrected chi connectivity index (χ3v) is 1.97. The van der Waals surface area contributed by atoms with Crippen LogP contribution in [0.3, 0.4) is 0 Å². The summed E-state index contributed by atoms with van der Waals surface area (Å²) in [7, 11) is 0. The highest BCUT2D eigenvalue weighted by atomic mass is 35.5. The molecule has 0 bridgehead atoms. The van der Waals surface area contributed by atoms with E-state index in [1.165, 1.54) is 6.92 Å². The van der Waals surface area contributed by atoms with Crippen molar-refractivity contribution in [2.75, 3.05) is 0 Å². The fourth-order valence-corrected chi connectivity index (χ4v) is 1.21. The van der Waals surface area contributed by atoms with E-state index in [9.17, 15) is 13.6 Å². The van der Waals surface area contributed by atoms with E-state index in [0.717, 1.165) is 6.07 Å². The first-order valence-electron chi connectivity index (χ1n) is 3.87. The Hall–Kier alpha value is -1.54. The number of hydrogen-bond acceptors (Lipinski definition) is 3. The number of alkyl halides is 2. The molecule has 6 heteroatoms. The summed E-state index contributed by atoms with van der Waals surface area (Å²) in [5, 5.41) is 7.71. The van der Waals surface area contributed by atoms with Crippen molar-refractivity contribution < 1.29 is 13.6 Å². The van der Waals surface area contributed by atoms with Gasteiger partial charge in [0.2, 0.25) is 0 Å². The molecule has 0 aliphatic heterocycles. The van der Waals surface area contributed by atoms with Gasteiger partial charge in [0, 0.05) is 5.56 Å². The number of carbonyl (C=O) groups is 1. The number of carbonyl (C=O) groups excluding carboxylic acids is 1. The van der Waals surface area contributed by atoms with Crippen molar-refractivity contribution in [2.45, 2.75) is 13.3 Å². The molecule has 0 radical (unpaired) electrons. The zero-order valence-electron chi connectivity index (χ0n) is 7.59. The summed E-state index contributed by atoms with van der Waals surface area (Å²) in [5.41, 5.74) is -0.941. The molecule has 1 heterocycles. The Morgan fingerprint density at radius 3 is 2.67 bits per heavy atom. The van der Waals surface area contributed by atoms with E-state index >= 15 is 0 Å². The first kappa shape index (κ1) is 11.5. The number of nitrogens with zero attached hydrogens (tertiary/aromatic N) is 2. The Labute approximate surface area is 89.3 Å². The third kappa shape index (κ3) is 2.28. The highest BCUT2D eigenvalue weighted by molar-refractivity contribution is 6.67. The fraction of sp³-hybridized carbons (Fsp3) is 0.222. The molecule has 0 fully saturated rings. The van der Waals surface area contributed by atoms with Crippen LogP contribution in [0.25, 0.3) is 0 Å². The topological polar surface area (TPSA) is 53.8 Å². The fourth-order valence-electron chi connectivity index (χ4n) is 1.12. The zero-order chi connectivity index (χ0) is 11.6. The molecule has 0 aliphatic rings. The summed E-state index contributed by atoms with van der Waals surface area (Å²) in [5.74, 6) is 0. The van der Waals surface area contributed by atoms with Crippen LogP contribution < -0.4 is 0 Å². The highest BCUT2D eigenvalue weighted by Gasteiger charge is 2.19. The van der Waals surface area contributed by atoms with Crippen LogP contribution in [-0.4, -0.2) is 10.2 Å². The number of rotatable bonds is 2. The van der Waals surface area contributed by atoms with Crippen molar-refractivity contribution in [1.29, 1.82) is 5.26 Å². The maximum atomic E-state index is 12.5. The number of hydrogen-bond donors (Lipinski definition) is 0. The van der Waals surface area contributed by atoms with Crippen LogP contribution in [0, 0.1) is 18.3 Å². The summed E-state index contributed by atoms with van der Waals surface area (Å²) >= 11 is 5.12. The number of pyridine rings is 1. The van der Waals surface area contributed by atoms with E-state index in [4.69, 9.17) is 16.9 Å². The molecular formula is C9H5ClF2N2O. The molecule has 0 spiro atoms. The lowest BCUT2D eigenvalue weighted by atomic mass is 10.1. The minimum Gasteiger partial charge on any atom is -0.274 e. The molecule has 1 aromatic rings. The molecule has 1 aromatic heterocycles. The van der Waals surface area contributed by atoms with Gasteiger partial charge in [-0.1, -0.05) is 0 Å². The average molecular weight is 231 g/mol. The molecule has 3 nitrogen and oxygen atoms in total. The summed E-state index contributed by atoms with van der Waals surface area (Å²) in [4.78, 5) is 14.4. The van der Waals surface area contributed by atoms with E-state index in [2.05, 4.69) is 4.98 Å². The van der Waals surface area contributed by atoms with Crippen molar-refractivity contribution in [3.8, 4) is 6.07 Å². The van der Waals surface area contributed by atoms with Gasteiger partial charge in [-0.3, -0.25) is 4.79 Å². The Kier molecular flexibility index (Phi) is 3.32. The number of aromatic nitrogens is 1. The average Bonchev–Trinajstić information content (AvgIpc) is 2.16. The predicted molar refractivity (Wildman–Crippen MR) is 48.8 cm³/mol. The summed E-state index contributed by atoms with van der Waals surface area (Å²) in [6.45, 7) is 1.37. The normalized spacial score (nSPS) is 10.1. The van der Waals surface area contributed by atoms with Gasteiger partial charge < -0.3 is 0 Å².